The van der Waals surface area contributed by atoms with Crippen LogP contribution < -0.4 is 5.73 Å². The Labute approximate surface area is 92.8 Å². The van der Waals surface area contributed by atoms with E-state index >= 15 is 0 Å². The molecule has 0 radical (unpaired) electrons. The van der Waals surface area contributed by atoms with Crippen LogP contribution in [0.4, 0.5) is 5.13 Å². The van der Waals surface area contributed by atoms with Crippen LogP contribution in [0, 0.1) is 0 Å². The predicted molar refractivity (Wildman–Crippen MR) is 62.8 cm³/mol. The summed E-state index contributed by atoms with van der Waals surface area (Å²) in [5.41, 5.74) is 7.87. The first-order chi connectivity index (χ1) is 7.08. The van der Waals surface area contributed by atoms with Crippen molar-refractivity contribution in [2.45, 2.75) is 19.8 Å². The Bertz CT molecular complexity index is 469. The highest BCUT2D eigenvalue weighted by Gasteiger charge is 2.14. The van der Waals surface area contributed by atoms with Gasteiger partial charge in [-0.05, 0) is 5.92 Å². The maximum absolute atomic E-state index is 5.63. The Morgan fingerprint density at radius 2 is 2.20 bits per heavy atom. The van der Waals surface area contributed by atoms with Crippen molar-refractivity contribution in [2.24, 2.45) is 7.05 Å². The number of nitrogens with two attached hydrogens (primary N) is 1. The third-order valence-electron chi connectivity index (χ3n) is 2.19. The average Bonchev–Trinajstić information content (AvgIpc) is 2.71. The van der Waals surface area contributed by atoms with E-state index in [4.69, 9.17) is 5.73 Å². The lowest BCUT2D eigenvalue weighted by atomic mass is 10.1. The number of nitrogen functional groups attached to an aromatic ring is 1. The predicted octanol–water partition coefficient (Wildman–Crippen LogP) is 2.25. The van der Waals surface area contributed by atoms with E-state index in [1.807, 2.05) is 24.1 Å². The normalized spacial score (nSPS) is 11.2. The first-order valence-electron chi connectivity index (χ1n) is 4.83. The Balaban J connectivity index is 2.52. The summed E-state index contributed by atoms with van der Waals surface area (Å²) in [7, 11) is 1.93. The number of hydrogen-bond donors (Lipinski definition) is 1. The van der Waals surface area contributed by atoms with Crippen LogP contribution in [-0.2, 0) is 7.05 Å². The van der Waals surface area contributed by atoms with Crippen molar-refractivity contribution in [3.05, 3.63) is 18.1 Å². The van der Waals surface area contributed by atoms with Crippen molar-refractivity contribution < 1.29 is 0 Å². The summed E-state index contributed by atoms with van der Waals surface area (Å²) in [6, 6.07) is 0. The van der Waals surface area contributed by atoms with Crippen LogP contribution in [0.1, 0.15) is 25.5 Å². The summed E-state index contributed by atoms with van der Waals surface area (Å²) in [6.07, 6.45) is 3.82. The Kier molecular flexibility index (Phi) is 2.48. The third kappa shape index (κ3) is 1.87. The highest BCUT2D eigenvalue weighted by atomic mass is 32.1. The molecule has 0 spiro atoms. The number of aromatic nitrogens is 3. The van der Waals surface area contributed by atoms with Gasteiger partial charge in [0.25, 0.3) is 0 Å². The molecule has 0 saturated carbocycles. The molecule has 0 bridgehead atoms. The second-order valence-corrected chi connectivity index (χ2v) is 4.88. The van der Waals surface area contributed by atoms with Crippen LogP contribution >= 0.6 is 11.3 Å². The van der Waals surface area contributed by atoms with Gasteiger partial charge in [0.1, 0.15) is 0 Å². The van der Waals surface area contributed by atoms with E-state index in [0.29, 0.717) is 11.0 Å². The summed E-state index contributed by atoms with van der Waals surface area (Å²) in [5.74, 6) is 0.407. The molecule has 0 aromatic carbocycles. The molecule has 2 aromatic rings. The third-order valence-corrected chi connectivity index (χ3v) is 3.05. The Hall–Kier alpha value is -1.36. The molecule has 4 nitrogen and oxygen atoms in total. The van der Waals surface area contributed by atoms with Crippen LogP contribution in [0.15, 0.2) is 12.4 Å². The van der Waals surface area contributed by atoms with Gasteiger partial charge in [-0.15, -0.1) is 0 Å². The van der Waals surface area contributed by atoms with Gasteiger partial charge < -0.3 is 5.73 Å². The molecule has 0 atom stereocenters. The number of hydrogen-bond acceptors (Lipinski definition) is 4. The molecule has 2 N–H and O–H groups in total. The molecule has 2 aromatic heterocycles. The van der Waals surface area contributed by atoms with Gasteiger partial charge in [0.15, 0.2) is 5.13 Å². The summed E-state index contributed by atoms with van der Waals surface area (Å²) in [5, 5.41) is 5.05. The molecule has 2 rings (SSSR count). The molecule has 0 fully saturated rings. The highest BCUT2D eigenvalue weighted by molar-refractivity contribution is 7.18. The minimum atomic E-state index is 0.407. The van der Waals surface area contributed by atoms with Crippen LogP contribution in [0.5, 0.6) is 0 Å². The van der Waals surface area contributed by atoms with Crippen molar-refractivity contribution in [2.75, 3.05) is 5.73 Å². The van der Waals surface area contributed by atoms with E-state index in [-0.39, 0.29) is 0 Å². The molecular formula is C10H14N4S. The zero-order valence-electron chi connectivity index (χ0n) is 9.06. The first-order valence-corrected chi connectivity index (χ1v) is 5.64. The molecule has 0 aliphatic heterocycles. The van der Waals surface area contributed by atoms with E-state index in [1.54, 1.807) is 0 Å². The van der Waals surface area contributed by atoms with Gasteiger partial charge in [-0.25, -0.2) is 4.98 Å². The van der Waals surface area contributed by atoms with Crippen LogP contribution in [0.3, 0.4) is 0 Å². The number of thiazole rings is 1. The zero-order valence-corrected chi connectivity index (χ0v) is 9.88. The summed E-state index contributed by atoms with van der Waals surface area (Å²) in [4.78, 5) is 5.15. The fourth-order valence-corrected chi connectivity index (χ4v) is 2.24. The molecule has 0 aliphatic carbocycles. The van der Waals surface area contributed by atoms with E-state index in [0.717, 1.165) is 16.1 Å². The highest BCUT2D eigenvalue weighted by Crippen LogP contribution is 2.32. The summed E-state index contributed by atoms with van der Waals surface area (Å²) >= 11 is 1.50. The SMILES string of the molecule is CC(C)c1nn(C)cc1-c1cnc(N)s1. The standard InChI is InChI=1S/C10H14N4S/c1-6(2)9-7(5-14(3)13-9)8-4-12-10(11)15-8/h4-6H,1-3H3,(H2,11,12). The number of nitrogens with zero attached hydrogens (tertiary/aromatic N) is 3. The van der Waals surface area contributed by atoms with Gasteiger partial charge in [-0.2, -0.15) is 5.10 Å². The molecule has 80 valence electrons. The largest absolute Gasteiger partial charge is 0.375 e. The van der Waals surface area contributed by atoms with Crippen LogP contribution in [-0.4, -0.2) is 14.8 Å². The second-order valence-electron chi connectivity index (χ2n) is 3.82. The fraction of sp³-hybridized carbons (Fsp3) is 0.400. The quantitative estimate of drug-likeness (QED) is 0.847. The average molecular weight is 222 g/mol. The molecule has 0 amide bonds. The van der Waals surface area contributed by atoms with Gasteiger partial charge in [-0.1, -0.05) is 25.2 Å². The zero-order chi connectivity index (χ0) is 11.0. The summed E-state index contributed by atoms with van der Waals surface area (Å²) < 4.78 is 1.83. The smallest absolute Gasteiger partial charge is 0.180 e. The van der Waals surface area contributed by atoms with E-state index in [2.05, 4.69) is 23.9 Å². The van der Waals surface area contributed by atoms with Crippen molar-refractivity contribution >= 4 is 16.5 Å². The number of rotatable bonds is 2. The molecule has 15 heavy (non-hydrogen) atoms. The Morgan fingerprint density at radius 1 is 1.47 bits per heavy atom. The van der Waals surface area contributed by atoms with Gasteiger partial charge in [0.2, 0.25) is 0 Å². The van der Waals surface area contributed by atoms with Crippen molar-refractivity contribution in [3.63, 3.8) is 0 Å². The second kappa shape index (κ2) is 3.66. The lowest BCUT2D eigenvalue weighted by Crippen LogP contribution is -1.93. The number of anilines is 1. The molecule has 0 unspecified atom stereocenters. The van der Waals surface area contributed by atoms with Crippen molar-refractivity contribution in [1.29, 1.82) is 0 Å². The molecule has 0 saturated heterocycles. The van der Waals surface area contributed by atoms with Crippen molar-refractivity contribution in [3.8, 4) is 10.4 Å². The van der Waals surface area contributed by atoms with E-state index in [1.165, 1.54) is 11.3 Å². The monoisotopic (exact) mass is 222 g/mol. The van der Waals surface area contributed by atoms with E-state index in [9.17, 15) is 0 Å². The lowest BCUT2D eigenvalue weighted by molar-refractivity contribution is 0.713. The molecule has 5 heteroatoms. The van der Waals surface area contributed by atoms with E-state index < -0.39 is 0 Å². The lowest BCUT2D eigenvalue weighted by Gasteiger charge is -2.01. The minimum Gasteiger partial charge on any atom is -0.375 e. The first kappa shape index (κ1) is 10.2. The Morgan fingerprint density at radius 3 is 2.73 bits per heavy atom. The van der Waals surface area contributed by atoms with Crippen molar-refractivity contribution in [1.82, 2.24) is 14.8 Å². The van der Waals surface area contributed by atoms with Crippen LogP contribution in [0.2, 0.25) is 0 Å². The molecule has 0 aliphatic rings. The van der Waals surface area contributed by atoms with Gasteiger partial charge in [0, 0.05) is 25.0 Å². The summed E-state index contributed by atoms with van der Waals surface area (Å²) in [6.45, 7) is 4.27. The van der Waals surface area contributed by atoms with Crippen LogP contribution in [0.25, 0.3) is 10.4 Å². The van der Waals surface area contributed by atoms with Gasteiger partial charge in [0.05, 0.1) is 10.6 Å². The maximum atomic E-state index is 5.63. The van der Waals surface area contributed by atoms with Gasteiger partial charge in [-0.3, -0.25) is 4.68 Å². The maximum Gasteiger partial charge on any atom is 0.180 e. The fourth-order valence-electron chi connectivity index (χ4n) is 1.53. The van der Waals surface area contributed by atoms with Gasteiger partial charge >= 0.3 is 0 Å². The molecule has 2 heterocycles. The molecular weight excluding hydrogens is 208 g/mol. The number of aryl methyl sites for hydroxylation is 1. The topological polar surface area (TPSA) is 56.7 Å². The minimum absolute atomic E-state index is 0.407.